The molecule has 1 aliphatic rings. The Morgan fingerprint density at radius 3 is 3.05 bits per heavy atom. The summed E-state index contributed by atoms with van der Waals surface area (Å²) in [5, 5.41) is 3.45. The van der Waals surface area contributed by atoms with E-state index in [4.69, 9.17) is 0 Å². The van der Waals surface area contributed by atoms with E-state index >= 15 is 0 Å². The maximum Gasteiger partial charge on any atom is 0.130 e. The number of piperidine rings is 1. The van der Waals surface area contributed by atoms with Crippen LogP contribution in [0.15, 0.2) is 18.3 Å². The first-order chi connectivity index (χ1) is 9.35. The molecule has 1 aromatic rings. The zero-order valence-corrected chi connectivity index (χ0v) is 12.4. The van der Waals surface area contributed by atoms with Gasteiger partial charge < -0.3 is 5.32 Å². The standard InChI is InChI=1S/C16H27N3/c1-3-10-17-16-14(8-7-11-18-16)13-19-12-6-5-9-15(19)4-2/h7-8,11,15H,3-6,9-10,12-13H2,1-2H3,(H,17,18). The second-order valence-corrected chi connectivity index (χ2v) is 5.47. The highest BCUT2D eigenvalue weighted by Gasteiger charge is 2.21. The molecule has 1 aromatic heterocycles. The third-order valence-corrected chi connectivity index (χ3v) is 4.03. The first kappa shape index (κ1) is 14.3. The Morgan fingerprint density at radius 2 is 2.26 bits per heavy atom. The van der Waals surface area contributed by atoms with Gasteiger partial charge in [-0.15, -0.1) is 0 Å². The van der Waals surface area contributed by atoms with Crippen LogP contribution in [0.3, 0.4) is 0 Å². The number of anilines is 1. The molecule has 1 unspecified atom stereocenters. The van der Waals surface area contributed by atoms with Gasteiger partial charge in [-0.2, -0.15) is 0 Å². The molecule has 19 heavy (non-hydrogen) atoms. The lowest BCUT2D eigenvalue weighted by Gasteiger charge is -2.35. The summed E-state index contributed by atoms with van der Waals surface area (Å²) in [5.41, 5.74) is 1.34. The zero-order chi connectivity index (χ0) is 13.5. The molecule has 0 aromatic carbocycles. The molecule has 1 aliphatic heterocycles. The summed E-state index contributed by atoms with van der Waals surface area (Å²) in [6.45, 7) is 7.77. The molecular formula is C16H27N3. The molecule has 1 atom stereocenters. The van der Waals surface area contributed by atoms with E-state index < -0.39 is 0 Å². The Labute approximate surface area is 117 Å². The number of hydrogen-bond donors (Lipinski definition) is 1. The third kappa shape index (κ3) is 3.93. The molecule has 2 heterocycles. The molecule has 0 bridgehead atoms. The second kappa shape index (κ2) is 7.49. The average Bonchev–Trinajstić information content (AvgIpc) is 2.47. The van der Waals surface area contributed by atoms with Crippen LogP contribution < -0.4 is 5.32 Å². The SMILES string of the molecule is CCCNc1ncccc1CN1CCCCC1CC. The number of nitrogens with zero attached hydrogens (tertiary/aromatic N) is 2. The molecule has 1 N–H and O–H groups in total. The quantitative estimate of drug-likeness (QED) is 0.847. The predicted octanol–water partition coefficient (Wildman–Crippen LogP) is 3.67. The summed E-state index contributed by atoms with van der Waals surface area (Å²) in [6, 6.07) is 5.02. The zero-order valence-electron chi connectivity index (χ0n) is 12.4. The fourth-order valence-corrected chi connectivity index (χ4v) is 2.92. The van der Waals surface area contributed by atoms with E-state index in [1.165, 1.54) is 37.8 Å². The summed E-state index contributed by atoms with van der Waals surface area (Å²) < 4.78 is 0. The van der Waals surface area contributed by atoms with Crippen LogP contribution in [0, 0.1) is 0 Å². The van der Waals surface area contributed by atoms with E-state index in [1.807, 2.05) is 6.20 Å². The van der Waals surface area contributed by atoms with Crippen molar-refractivity contribution < 1.29 is 0 Å². The Balaban J connectivity index is 2.04. The molecule has 0 radical (unpaired) electrons. The number of aromatic nitrogens is 1. The van der Waals surface area contributed by atoms with Crippen molar-refractivity contribution in [2.75, 3.05) is 18.4 Å². The number of likely N-dealkylation sites (tertiary alicyclic amines) is 1. The molecular weight excluding hydrogens is 234 g/mol. The van der Waals surface area contributed by atoms with E-state index in [9.17, 15) is 0 Å². The van der Waals surface area contributed by atoms with Crippen molar-refractivity contribution in [2.24, 2.45) is 0 Å². The van der Waals surface area contributed by atoms with E-state index in [0.29, 0.717) is 0 Å². The van der Waals surface area contributed by atoms with Crippen molar-refractivity contribution in [3.63, 3.8) is 0 Å². The molecule has 0 amide bonds. The van der Waals surface area contributed by atoms with Crippen LogP contribution in [-0.2, 0) is 6.54 Å². The van der Waals surface area contributed by atoms with Gasteiger partial charge in [0.15, 0.2) is 0 Å². The lowest BCUT2D eigenvalue weighted by atomic mass is 9.99. The van der Waals surface area contributed by atoms with Gasteiger partial charge in [-0.25, -0.2) is 4.98 Å². The van der Waals surface area contributed by atoms with E-state index in [2.05, 4.69) is 41.2 Å². The van der Waals surface area contributed by atoms with Gasteiger partial charge in [-0.1, -0.05) is 26.3 Å². The fraction of sp³-hybridized carbons (Fsp3) is 0.688. The number of nitrogens with one attached hydrogen (secondary N) is 1. The number of rotatable bonds is 6. The highest BCUT2D eigenvalue weighted by atomic mass is 15.2. The Morgan fingerprint density at radius 1 is 1.37 bits per heavy atom. The third-order valence-electron chi connectivity index (χ3n) is 4.03. The minimum absolute atomic E-state index is 0.757. The number of hydrogen-bond acceptors (Lipinski definition) is 3. The molecule has 1 saturated heterocycles. The topological polar surface area (TPSA) is 28.2 Å². The summed E-state index contributed by atoms with van der Waals surface area (Å²) >= 11 is 0. The Kier molecular flexibility index (Phi) is 5.64. The smallest absolute Gasteiger partial charge is 0.130 e. The normalized spacial score (nSPS) is 20.4. The van der Waals surface area contributed by atoms with Crippen LogP contribution in [0.25, 0.3) is 0 Å². The van der Waals surface area contributed by atoms with Gasteiger partial charge in [0.1, 0.15) is 5.82 Å². The minimum atomic E-state index is 0.757. The van der Waals surface area contributed by atoms with Crippen LogP contribution in [0.2, 0.25) is 0 Å². The van der Waals surface area contributed by atoms with E-state index in [-0.39, 0.29) is 0 Å². The Hall–Kier alpha value is -1.09. The highest BCUT2D eigenvalue weighted by Crippen LogP contribution is 2.23. The van der Waals surface area contributed by atoms with Crippen molar-refractivity contribution in [1.82, 2.24) is 9.88 Å². The van der Waals surface area contributed by atoms with Crippen LogP contribution in [0.4, 0.5) is 5.82 Å². The molecule has 2 rings (SSSR count). The lowest BCUT2D eigenvalue weighted by Crippen LogP contribution is -2.38. The largest absolute Gasteiger partial charge is 0.370 e. The molecule has 106 valence electrons. The molecule has 0 spiro atoms. The van der Waals surface area contributed by atoms with Gasteiger partial charge in [0.25, 0.3) is 0 Å². The fourth-order valence-electron chi connectivity index (χ4n) is 2.92. The minimum Gasteiger partial charge on any atom is -0.370 e. The molecule has 3 heteroatoms. The maximum atomic E-state index is 4.49. The van der Waals surface area contributed by atoms with Crippen LogP contribution in [0.1, 0.15) is 51.5 Å². The first-order valence-corrected chi connectivity index (χ1v) is 7.77. The van der Waals surface area contributed by atoms with Gasteiger partial charge in [-0.05, 0) is 38.3 Å². The van der Waals surface area contributed by atoms with Gasteiger partial charge >= 0.3 is 0 Å². The van der Waals surface area contributed by atoms with Crippen molar-refractivity contribution in [2.45, 2.75) is 58.5 Å². The summed E-state index contributed by atoms with van der Waals surface area (Å²) in [7, 11) is 0. The van der Waals surface area contributed by atoms with E-state index in [0.717, 1.165) is 31.4 Å². The maximum absolute atomic E-state index is 4.49. The van der Waals surface area contributed by atoms with Gasteiger partial charge in [-0.3, -0.25) is 4.90 Å². The molecule has 0 saturated carbocycles. The Bertz CT molecular complexity index is 378. The molecule has 0 aliphatic carbocycles. The van der Waals surface area contributed by atoms with Crippen molar-refractivity contribution in [3.8, 4) is 0 Å². The van der Waals surface area contributed by atoms with Crippen LogP contribution in [-0.4, -0.2) is 29.0 Å². The van der Waals surface area contributed by atoms with Crippen LogP contribution in [0.5, 0.6) is 0 Å². The van der Waals surface area contributed by atoms with Crippen molar-refractivity contribution in [3.05, 3.63) is 23.9 Å². The molecule has 3 nitrogen and oxygen atoms in total. The average molecular weight is 261 g/mol. The van der Waals surface area contributed by atoms with Crippen molar-refractivity contribution >= 4 is 5.82 Å². The summed E-state index contributed by atoms with van der Waals surface area (Å²) in [5.74, 6) is 1.07. The van der Waals surface area contributed by atoms with Crippen molar-refractivity contribution in [1.29, 1.82) is 0 Å². The summed E-state index contributed by atoms with van der Waals surface area (Å²) in [4.78, 5) is 7.13. The highest BCUT2D eigenvalue weighted by molar-refractivity contribution is 5.43. The monoisotopic (exact) mass is 261 g/mol. The van der Waals surface area contributed by atoms with Crippen LogP contribution >= 0.6 is 0 Å². The second-order valence-electron chi connectivity index (χ2n) is 5.47. The summed E-state index contributed by atoms with van der Waals surface area (Å²) in [6.07, 6.45) is 8.37. The first-order valence-electron chi connectivity index (χ1n) is 7.77. The van der Waals surface area contributed by atoms with Gasteiger partial charge in [0.2, 0.25) is 0 Å². The van der Waals surface area contributed by atoms with Gasteiger partial charge in [0, 0.05) is 30.9 Å². The number of pyridine rings is 1. The van der Waals surface area contributed by atoms with E-state index in [1.54, 1.807) is 0 Å². The van der Waals surface area contributed by atoms with Gasteiger partial charge in [0.05, 0.1) is 0 Å². The molecule has 1 fully saturated rings. The lowest BCUT2D eigenvalue weighted by molar-refractivity contribution is 0.136. The predicted molar refractivity (Wildman–Crippen MR) is 81.4 cm³/mol.